The van der Waals surface area contributed by atoms with Crippen LogP contribution in [0.4, 0.5) is 5.69 Å². The fraction of sp³-hybridized carbons (Fsp3) is 0.0455. The number of anilines is 1. The maximum atomic E-state index is 13.6. The summed E-state index contributed by atoms with van der Waals surface area (Å²) in [7, 11) is -4.11. The number of carbonyl (C=O) groups is 1. The molecule has 0 bridgehead atoms. The van der Waals surface area contributed by atoms with Gasteiger partial charge in [-0.1, -0.05) is 64.6 Å². The van der Waals surface area contributed by atoms with Crippen LogP contribution in [0.25, 0.3) is 6.08 Å². The van der Waals surface area contributed by atoms with Gasteiger partial charge in [0.2, 0.25) is 9.84 Å². The number of amides is 1. The fourth-order valence-corrected chi connectivity index (χ4v) is 5.92. The van der Waals surface area contributed by atoms with E-state index in [1.807, 2.05) is 0 Å². The van der Waals surface area contributed by atoms with Crippen molar-refractivity contribution in [1.82, 2.24) is 0 Å². The topological polar surface area (TPSA) is 54.5 Å². The second kappa shape index (κ2) is 8.49. The normalized spacial score (nSPS) is 19.2. The van der Waals surface area contributed by atoms with Crippen LogP contribution >= 0.6 is 46.4 Å². The van der Waals surface area contributed by atoms with Crippen LogP contribution in [0.2, 0.25) is 20.1 Å². The number of sulfone groups is 1. The van der Waals surface area contributed by atoms with Crippen LogP contribution in [0.1, 0.15) is 16.5 Å². The summed E-state index contributed by atoms with van der Waals surface area (Å²) >= 11 is 24.1. The van der Waals surface area contributed by atoms with Crippen molar-refractivity contribution in [2.75, 3.05) is 4.90 Å². The number of nitrogens with zero attached hydrogens (tertiary/aromatic N) is 1. The van der Waals surface area contributed by atoms with E-state index in [0.717, 1.165) is 0 Å². The molecule has 0 spiro atoms. The number of hydrogen-bond donors (Lipinski definition) is 0. The van der Waals surface area contributed by atoms with Crippen molar-refractivity contribution in [2.45, 2.75) is 5.37 Å². The number of hydrogen-bond acceptors (Lipinski definition) is 3. The van der Waals surface area contributed by atoms with E-state index in [1.165, 1.54) is 17.0 Å². The molecule has 1 atom stereocenters. The van der Waals surface area contributed by atoms with Gasteiger partial charge in [0, 0.05) is 25.8 Å². The Bertz CT molecular complexity index is 1300. The van der Waals surface area contributed by atoms with Crippen molar-refractivity contribution in [3.8, 4) is 0 Å². The zero-order valence-corrected chi connectivity index (χ0v) is 19.4. The molecule has 1 unspecified atom stereocenters. The molecule has 0 radical (unpaired) electrons. The van der Waals surface area contributed by atoms with Gasteiger partial charge < -0.3 is 0 Å². The Morgan fingerprint density at radius 1 is 0.774 bits per heavy atom. The van der Waals surface area contributed by atoms with Gasteiger partial charge in [-0.2, -0.15) is 0 Å². The van der Waals surface area contributed by atoms with E-state index in [0.29, 0.717) is 31.9 Å². The van der Waals surface area contributed by atoms with Gasteiger partial charge in [-0.05, 0) is 65.7 Å². The molecule has 1 aliphatic rings. The third kappa shape index (κ3) is 4.21. The Morgan fingerprint density at radius 3 is 1.90 bits per heavy atom. The van der Waals surface area contributed by atoms with Crippen molar-refractivity contribution in [3.05, 3.63) is 103 Å². The molecule has 0 aliphatic carbocycles. The van der Waals surface area contributed by atoms with Crippen molar-refractivity contribution in [2.24, 2.45) is 0 Å². The fourth-order valence-electron chi connectivity index (χ4n) is 3.32. The van der Waals surface area contributed by atoms with Gasteiger partial charge in [0.05, 0.1) is 0 Å². The van der Waals surface area contributed by atoms with Gasteiger partial charge >= 0.3 is 0 Å². The molecule has 9 heteroatoms. The van der Waals surface area contributed by atoms with Gasteiger partial charge in [-0.3, -0.25) is 9.69 Å². The van der Waals surface area contributed by atoms with Gasteiger partial charge in [0.15, 0.2) is 5.37 Å². The molecule has 4 rings (SSSR count). The van der Waals surface area contributed by atoms with Crippen LogP contribution in [0.5, 0.6) is 0 Å². The summed E-state index contributed by atoms with van der Waals surface area (Å²) in [5.74, 6) is -0.673. The smallest absolute Gasteiger partial charge is 0.271 e. The van der Waals surface area contributed by atoms with Gasteiger partial charge in [0.25, 0.3) is 5.91 Å². The lowest BCUT2D eigenvalue weighted by Crippen LogP contribution is -2.28. The molecule has 1 aliphatic heterocycles. The van der Waals surface area contributed by atoms with Crippen molar-refractivity contribution >= 4 is 73.9 Å². The van der Waals surface area contributed by atoms with E-state index in [9.17, 15) is 13.2 Å². The maximum Gasteiger partial charge on any atom is 0.271 e. The molecule has 1 fully saturated rings. The minimum Gasteiger partial charge on any atom is -0.286 e. The highest BCUT2D eigenvalue weighted by atomic mass is 35.5. The minimum atomic E-state index is -4.11. The Labute approximate surface area is 199 Å². The molecule has 0 N–H and O–H groups in total. The number of halogens is 4. The summed E-state index contributed by atoms with van der Waals surface area (Å²) in [5.41, 5.74) is 1.16. The zero-order chi connectivity index (χ0) is 22.3. The molecular formula is C22H13Cl4NO3S. The third-order valence-corrected chi connectivity index (χ3v) is 7.82. The lowest BCUT2D eigenvalue weighted by atomic mass is 10.1. The Morgan fingerprint density at radius 2 is 1.32 bits per heavy atom. The molecule has 3 aromatic rings. The van der Waals surface area contributed by atoms with E-state index >= 15 is 0 Å². The predicted molar refractivity (Wildman–Crippen MR) is 126 cm³/mol. The molecule has 158 valence electrons. The average Bonchev–Trinajstić information content (AvgIpc) is 2.91. The van der Waals surface area contributed by atoms with Gasteiger partial charge in [0.1, 0.15) is 4.91 Å². The first kappa shape index (κ1) is 22.2. The Balaban J connectivity index is 1.92. The first-order chi connectivity index (χ1) is 14.7. The van der Waals surface area contributed by atoms with Crippen molar-refractivity contribution < 1.29 is 13.2 Å². The third-order valence-electron chi connectivity index (χ3n) is 4.77. The van der Waals surface area contributed by atoms with Crippen LogP contribution < -0.4 is 4.90 Å². The monoisotopic (exact) mass is 511 g/mol. The first-order valence-electron chi connectivity index (χ1n) is 8.94. The lowest BCUT2D eigenvalue weighted by molar-refractivity contribution is -0.114. The summed E-state index contributed by atoms with van der Waals surface area (Å²) in [6, 6.07) is 17.3. The summed E-state index contributed by atoms with van der Waals surface area (Å²) in [4.78, 5) is 14.2. The molecule has 0 saturated carbocycles. The van der Waals surface area contributed by atoms with Crippen LogP contribution in [0.3, 0.4) is 0 Å². The molecule has 1 amide bonds. The summed E-state index contributed by atoms with van der Waals surface area (Å²) in [5, 5.41) is 0.276. The highest BCUT2D eigenvalue weighted by Gasteiger charge is 2.50. The first-order valence-corrected chi connectivity index (χ1v) is 12.0. The highest BCUT2D eigenvalue weighted by molar-refractivity contribution is 7.97. The number of benzene rings is 3. The van der Waals surface area contributed by atoms with Gasteiger partial charge in [-0.15, -0.1) is 0 Å². The summed E-state index contributed by atoms with van der Waals surface area (Å²) < 4.78 is 27.1. The van der Waals surface area contributed by atoms with Crippen molar-refractivity contribution in [3.63, 3.8) is 0 Å². The molecule has 1 heterocycles. The zero-order valence-electron chi connectivity index (χ0n) is 15.6. The highest BCUT2D eigenvalue weighted by Crippen LogP contribution is 2.44. The molecule has 4 nitrogen and oxygen atoms in total. The average molecular weight is 513 g/mol. The summed E-state index contributed by atoms with van der Waals surface area (Å²) in [6.45, 7) is 0. The lowest BCUT2D eigenvalue weighted by Gasteiger charge is -2.23. The van der Waals surface area contributed by atoms with Crippen molar-refractivity contribution in [1.29, 1.82) is 0 Å². The van der Waals surface area contributed by atoms with Crippen LogP contribution in [-0.2, 0) is 14.6 Å². The van der Waals surface area contributed by atoms with Crippen LogP contribution in [0, 0.1) is 0 Å². The van der Waals surface area contributed by atoms with Crippen LogP contribution in [0.15, 0.2) is 71.6 Å². The number of carbonyl (C=O) groups excluding carboxylic acids is 1. The molecule has 31 heavy (non-hydrogen) atoms. The van der Waals surface area contributed by atoms with E-state index in [1.54, 1.807) is 60.7 Å². The molecule has 0 aromatic heterocycles. The second-order valence-electron chi connectivity index (χ2n) is 6.77. The second-order valence-corrected chi connectivity index (χ2v) is 10.5. The van der Waals surface area contributed by atoms with Crippen LogP contribution in [-0.4, -0.2) is 14.3 Å². The van der Waals surface area contributed by atoms with E-state index in [-0.39, 0.29) is 9.93 Å². The quantitative estimate of drug-likeness (QED) is 0.362. The Hall–Kier alpha value is -2.02. The SMILES string of the molecule is O=C1/C(=C\c2ccc(Cl)cc2Cl)S(=O)(=O)C(c2ccc(Cl)cc2)N1c1ccc(Cl)cc1. The largest absolute Gasteiger partial charge is 0.286 e. The summed E-state index contributed by atoms with van der Waals surface area (Å²) in [6.07, 6.45) is 1.27. The Kier molecular flexibility index (Phi) is 6.08. The number of rotatable bonds is 3. The van der Waals surface area contributed by atoms with E-state index in [2.05, 4.69) is 0 Å². The van der Waals surface area contributed by atoms with E-state index < -0.39 is 21.1 Å². The molecular weight excluding hydrogens is 500 g/mol. The predicted octanol–water partition coefficient (Wildman–Crippen LogP) is 6.80. The maximum absolute atomic E-state index is 13.6. The van der Waals surface area contributed by atoms with Gasteiger partial charge in [-0.25, -0.2) is 8.42 Å². The minimum absolute atomic E-state index is 0.232. The van der Waals surface area contributed by atoms with E-state index in [4.69, 9.17) is 46.4 Å². The standard InChI is InChI=1S/C22H13Cl4NO3S/c23-15-4-1-13(2-5-15)22-27(18-9-7-16(24)8-10-18)21(28)20(31(22,29)30)11-14-3-6-17(25)12-19(14)26/h1-12,22H/b20-11+. The molecule has 1 saturated heterocycles. The molecule has 3 aromatic carbocycles.